The van der Waals surface area contributed by atoms with Crippen molar-refractivity contribution in [3.8, 4) is 5.75 Å². The molecule has 0 aliphatic carbocycles. The Kier molecular flexibility index (Phi) is 2.40. The molecule has 5 heteroatoms. The molecule has 4 nitrogen and oxygen atoms in total. The van der Waals surface area contributed by atoms with Gasteiger partial charge in [-0.25, -0.2) is 0 Å². The minimum atomic E-state index is -3.46. The van der Waals surface area contributed by atoms with Crippen LogP contribution >= 0.6 is 0 Å². The van der Waals surface area contributed by atoms with Gasteiger partial charge in [0.05, 0.1) is 5.75 Å². The average molecular weight is 225 g/mol. The van der Waals surface area contributed by atoms with Crippen molar-refractivity contribution in [2.24, 2.45) is 0 Å². The highest BCUT2D eigenvalue weighted by Gasteiger charge is 2.11. The molecule has 0 amide bonds. The molecule has 15 heavy (non-hydrogen) atoms. The van der Waals surface area contributed by atoms with E-state index < -0.39 is 10.1 Å². The number of hydrogen-bond acceptors (Lipinski definition) is 3. The SMILES string of the molecule is CCS(=O)(=O)Oc1cccc2[nH]ccc12. The predicted molar refractivity (Wildman–Crippen MR) is 58.4 cm³/mol. The first-order chi connectivity index (χ1) is 7.12. The molecule has 1 heterocycles. The lowest BCUT2D eigenvalue weighted by atomic mass is 10.2. The summed E-state index contributed by atoms with van der Waals surface area (Å²) in [5, 5.41) is 0.773. The van der Waals surface area contributed by atoms with E-state index in [1.807, 2.05) is 6.07 Å². The molecule has 2 aromatic rings. The van der Waals surface area contributed by atoms with E-state index in [2.05, 4.69) is 4.98 Å². The highest BCUT2D eigenvalue weighted by atomic mass is 32.2. The Hall–Kier alpha value is -1.49. The standard InChI is InChI=1S/C10H11NO3S/c1-2-15(12,13)14-10-5-3-4-9-8(10)6-7-11-9/h3-7,11H,2H2,1H3. The lowest BCUT2D eigenvalue weighted by molar-refractivity contribution is 0.490. The smallest absolute Gasteiger partial charge is 0.308 e. The molecule has 0 fully saturated rings. The van der Waals surface area contributed by atoms with Crippen LogP contribution in [-0.4, -0.2) is 19.2 Å². The number of rotatable bonds is 3. The largest absolute Gasteiger partial charge is 0.382 e. The Balaban J connectivity index is 2.48. The van der Waals surface area contributed by atoms with Gasteiger partial charge in [-0.3, -0.25) is 0 Å². The highest BCUT2D eigenvalue weighted by molar-refractivity contribution is 7.87. The molecule has 0 saturated heterocycles. The van der Waals surface area contributed by atoms with Crippen molar-refractivity contribution in [2.45, 2.75) is 6.92 Å². The minimum absolute atomic E-state index is 0.0339. The summed E-state index contributed by atoms with van der Waals surface area (Å²) in [7, 11) is -3.46. The van der Waals surface area contributed by atoms with E-state index in [-0.39, 0.29) is 5.75 Å². The van der Waals surface area contributed by atoms with Crippen molar-refractivity contribution in [3.63, 3.8) is 0 Å². The summed E-state index contributed by atoms with van der Waals surface area (Å²) in [5.41, 5.74) is 0.860. The Morgan fingerprint density at radius 1 is 1.33 bits per heavy atom. The molecule has 0 aliphatic rings. The van der Waals surface area contributed by atoms with Crippen molar-refractivity contribution < 1.29 is 12.6 Å². The van der Waals surface area contributed by atoms with Crippen molar-refractivity contribution in [1.82, 2.24) is 4.98 Å². The van der Waals surface area contributed by atoms with Gasteiger partial charge < -0.3 is 9.17 Å². The van der Waals surface area contributed by atoms with Gasteiger partial charge in [0.25, 0.3) is 0 Å². The van der Waals surface area contributed by atoms with E-state index in [4.69, 9.17) is 4.18 Å². The molecule has 0 unspecified atom stereocenters. The summed E-state index contributed by atoms with van der Waals surface area (Å²) >= 11 is 0. The van der Waals surface area contributed by atoms with Crippen LogP contribution in [0.5, 0.6) is 5.75 Å². The molecule has 0 radical (unpaired) electrons. The summed E-state index contributed by atoms with van der Waals surface area (Å²) in [6.07, 6.45) is 1.75. The quantitative estimate of drug-likeness (QED) is 0.811. The van der Waals surface area contributed by atoms with Crippen molar-refractivity contribution in [2.75, 3.05) is 5.75 Å². The number of hydrogen-bond donors (Lipinski definition) is 1. The van der Waals surface area contributed by atoms with Crippen LogP contribution in [0.25, 0.3) is 10.9 Å². The maximum Gasteiger partial charge on any atom is 0.308 e. The molecule has 0 saturated carbocycles. The highest BCUT2D eigenvalue weighted by Crippen LogP contribution is 2.25. The lowest BCUT2D eigenvalue weighted by Gasteiger charge is -2.05. The second kappa shape index (κ2) is 3.58. The zero-order valence-electron chi connectivity index (χ0n) is 8.23. The Morgan fingerprint density at radius 2 is 2.13 bits per heavy atom. The van der Waals surface area contributed by atoms with E-state index >= 15 is 0 Å². The summed E-state index contributed by atoms with van der Waals surface area (Å²) in [6, 6.07) is 7.04. The Morgan fingerprint density at radius 3 is 2.87 bits per heavy atom. The third-order valence-corrected chi connectivity index (χ3v) is 3.27. The summed E-state index contributed by atoms with van der Waals surface area (Å²) in [6.45, 7) is 1.55. The van der Waals surface area contributed by atoms with Gasteiger partial charge >= 0.3 is 10.1 Å². The maximum atomic E-state index is 11.3. The van der Waals surface area contributed by atoms with Gasteiger partial charge in [0.1, 0.15) is 0 Å². The zero-order chi connectivity index (χ0) is 10.9. The molecule has 2 rings (SSSR count). The Bertz CT molecular complexity index is 571. The van der Waals surface area contributed by atoms with Gasteiger partial charge in [0.15, 0.2) is 5.75 Å². The van der Waals surface area contributed by atoms with Crippen LogP contribution in [0.3, 0.4) is 0 Å². The van der Waals surface area contributed by atoms with Gasteiger partial charge in [-0.2, -0.15) is 8.42 Å². The molecule has 0 bridgehead atoms. The second-order valence-electron chi connectivity index (χ2n) is 3.12. The van der Waals surface area contributed by atoms with Gasteiger partial charge in [-0.15, -0.1) is 0 Å². The summed E-state index contributed by atoms with van der Waals surface area (Å²) < 4.78 is 27.6. The molecular formula is C10H11NO3S. The lowest BCUT2D eigenvalue weighted by Crippen LogP contribution is -2.11. The van der Waals surface area contributed by atoms with Gasteiger partial charge in [-0.05, 0) is 25.1 Å². The maximum absolute atomic E-state index is 11.3. The van der Waals surface area contributed by atoms with E-state index in [1.54, 1.807) is 31.3 Å². The fourth-order valence-electron chi connectivity index (χ4n) is 1.32. The molecule has 1 aromatic heterocycles. The molecule has 1 N–H and O–H groups in total. The van der Waals surface area contributed by atoms with E-state index in [0.717, 1.165) is 10.9 Å². The molecule has 1 aromatic carbocycles. The number of benzene rings is 1. The van der Waals surface area contributed by atoms with E-state index in [9.17, 15) is 8.42 Å². The number of aromatic nitrogens is 1. The van der Waals surface area contributed by atoms with Crippen LogP contribution < -0.4 is 4.18 Å². The average Bonchev–Trinajstić information content (AvgIpc) is 2.66. The number of fused-ring (bicyclic) bond motifs is 1. The summed E-state index contributed by atoms with van der Waals surface area (Å²) in [5.74, 6) is 0.337. The van der Waals surface area contributed by atoms with Crippen LogP contribution in [0.15, 0.2) is 30.5 Å². The van der Waals surface area contributed by atoms with Gasteiger partial charge in [0.2, 0.25) is 0 Å². The van der Waals surface area contributed by atoms with Crippen LogP contribution in [0.4, 0.5) is 0 Å². The predicted octanol–water partition coefficient (Wildman–Crippen LogP) is 1.90. The first-order valence-corrected chi connectivity index (χ1v) is 6.18. The zero-order valence-corrected chi connectivity index (χ0v) is 9.04. The fraction of sp³-hybridized carbons (Fsp3) is 0.200. The molecule has 80 valence electrons. The van der Waals surface area contributed by atoms with E-state index in [1.165, 1.54) is 0 Å². The van der Waals surface area contributed by atoms with Crippen LogP contribution in [0, 0.1) is 0 Å². The third-order valence-electron chi connectivity index (χ3n) is 2.13. The normalized spacial score (nSPS) is 11.8. The van der Waals surface area contributed by atoms with E-state index in [0.29, 0.717) is 5.75 Å². The Labute approximate surface area is 88.0 Å². The number of nitrogens with one attached hydrogen (secondary N) is 1. The topological polar surface area (TPSA) is 59.2 Å². The van der Waals surface area contributed by atoms with Crippen molar-refractivity contribution >= 4 is 21.0 Å². The molecular weight excluding hydrogens is 214 g/mol. The summed E-state index contributed by atoms with van der Waals surface area (Å²) in [4.78, 5) is 2.99. The van der Waals surface area contributed by atoms with Crippen LogP contribution in [0.2, 0.25) is 0 Å². The molecule has 0 aliphatic heterocycles. The number of H-pyrrole nitrogens is 1. The van der Waals surface area contributed by atoms with Crippen LogP contribution in [-0.2, 0) is 10.1 Å². The molecule has 0 spiro atoms. The first-order valence-electron chi connectivity index (χ1n) is 4.60. The fourth-order valence-corrected chi connectivity index (χ4v) is 1.86. The third kappa shape index (κ3) is 1.97. The van der Waals surface area contributed by atoms with Gasteiger partial charge in [0, 0.05) is 17.1 Å². The van der Waals surface area contributed by atoms with Gasteiger partial charge in [-0.1, -0.05) is 6.07 Å². The molecule has 0 atom stereocenters. The number of aromatic amines is 1. The van der Waals surface area contributed by atoms with Crippen molar-refractivity contribution in [3.05, 3.63) is 30.5 Å². The first kappa shape index (κ1) is 10.0. The minimum Gasteiger partial charge on any atom is -0.382 e. The van der Waals surface area contributed by atoms with Crippen molar-refractivity contribution in [1.29, 1.82) is 0 Å². The monoisotopic (exact) mass is 225 g/mol. The second-order valence-corrected chi connectivity index (χ2v) is 4.98. The van der Waals surface area contributed by atoms with Crippen LogP contribution in [0.1, 0.15) is 6.92 Å².